The van der Waals surface area contributed by atoms with Crippen molar-refractivity contribution < 1.29 is 14.0 Å². The van der Waals surface area contributed by atoms with Gasteiger partial charge in [0.05, 0.1) is 30.4 Å². The minimum Gasteiger partial charge on any atom is -0.467 e. The Morgan fingerprint density at radius 1 is 1.24 bits per heavy atom. The predicted molar refractivity (Wildman–Crippen MR) is 107 cm³/mol. The number of carbonyl (C=O) groups excluding carboxylic acids is 2. The van der Waals surface area contributed by atoms with Crippen molar-refractivity contribution in [2.24, 2.45) is 5.92 Å². The zero-order chi connectivity index (χ0) is 20.8. The maximum Gasteiger partial charge on any atom is 0.228 e. The van der Waals surface area contributed by atoms with Crippen molar-refractivity contribution in [3.8, 4) is 6.07 Å². The topological polar surface area (TPSA) is 80.8 Å². The van der Waals surface area contributed by atoms with Crippen molar-refractivity contribution in [3.05, 3.63) is 59.5 Å². The molecule has 1 unspecified atom stereocenters. The fraction of sp³-hybridized carbons (Fsp3) is 0.409. The van der Waals surface area contributed by atoms with E-state index in [9.17, 15) is 9.59 Å². The van der Waals surface area contributed by atoms with Crippen molar-refractivity contribution in [1.82, 2.24) is 14.7 Å². The lowest BCUT2D eigenvalue weighted by Gasteiger charge is -2.27. The number of hydrogen-bond acceptors (Lipinski definition) is 5. The fourth-order valence-corrected chi connectivity index (χ4v) is 3.43. The summed E-state index contributed by atoms with van der Waals surface area (Å²) in [6.45, 7) is 2.57. The number of amides is 2. The molecule has 7 nitrogen and oxygen atoms in total. The van der Waals surface area contributed by atoms with E-state index >= 15 is 0 Å². The number of nitrogens with zero attached hydrogens (tertiary/aromatic N) is 4. The van der Waals surface area contributed by atoms with Gasteiger partial charge in [-0.25, -0.2) is 0 Å². The molecule has 2 amide bonds. The average molecular weight is 394 g/mol. The molecule has 7 heteroatoms. The highest BCUT2D eigenvalue weighted by Crippen LogP contribution is 2.23. The summed E-state index contributed by atoms with van der Waals surface area (Å²) in [6.07, 6.45) is 1.81. The molecule has 1 aliphatic heterocycles. The van der Waals surface area contributed by atoms with Crippen molar-refractivity contribution in [2.45, 2.75) is 19.5 Å². The quantitative estimate of drug-likeness (QED) is 0.685. The summed E-state index contributed by atoms with van der Waals surface area (Å²) in [4.78, 5) is 31.2. The van der Waals surface area contributed by atoms with Crippen molar-refractivity contribution in [1.29, 1.82) is 5.26 Å². The Morgan fingerprint density at radius 2 is 2.00 bits per heavy atom. The standard InChI is InChI=1S/C22H26N4O3/c1-24(2)9-10-25(14-18-7-5-17(13-23)6-8-18)22(28)19-12-21(27)26(15-19)16-20-4-3-11-29-20/h3-8,11,19H,9-10,12,14-16H2,1-2H3. The lowest BCUT2D eigenvalue weighted by Crippen LogP contribution is -2.40. The van der Waals surface area contributed by atoms with Gasteiger partial charge in [0.15, 0.2) is 0 Å². The first-order valence-electron chi connectivity index (χ1n) is 9.69. The molecule has 29 heavy (non-hydrogen) atoms. The van der Waals surface area contributed by atoms with Gasteiger partial charge in [0.2, 0.25) is 11.8 Å². The summed E-state index contributed by atoms with van der Waals surface area (Å²) in [5, 5.41) is 8.97. The number of likely N-dealkylation sites (N-methyl/N-ethyl adjacent to an activating group) is 1. The van der Waals surface area contributed by atoms with E-state index in [1.54, 1.807) is 29.4 Å². The van der Waals surface area contributed by atoms with E-state index in [0.717, 1.165) is 12.1 Å². The van der Waals surface area contributed by atoms with Gasteiger partial charge in [-0.2, -0.15) is 5.26 Å². The predicted octanol–water partition coefficient (Wildman–Crippen LogP) is 2.09. The summed E-state index contributed by atoms with van der Waals surface area (Å²) in [5.74, 6) is 0.337. The monoisotopic (exact) mass is 394 g/mol. The van der Waals surface area contributed by atoms with Crippen molar-refractivity contribution in [3.63, 3.8) is 0 Å². The second kappa shape index (κ2) is 9.39. The molecular weight excluding hydrogens is 368 g/mol. The molecule has 0 saturated carbocycles. The van der Waals surface area contributed by atoms with Crippen LogP contribution in [0.15, 0.2) is 47.1 Å². The maximum absolute atomic E-state index is 13.2. The van der Waals surface area contributed by atoms with Crippen LogP contribution in [0.5, 0.6) is 0 Å². The molecule has 0 N–H and O–H groups in total. The molecule has 1 atom stereocenters. The van der Waals surface area contributed by atoms with Gasteiger partial charge in [0.25, 0.3) is 0 Å². The first-order valence-corrected chi connectivity index (χ1v) is 9.69. The fourth-order valence-electron chi connectivity index (χ4n) is 3.43. The van der Waals surface area contributed by atoms with Crippen LogP contribution in [-0.2, 0) is 22.7 Å². The van der Waals surface area contributed by atoms with Crippen LogP contribution in [0.1, 0.15) is 23.3 Å². The molecule has 1 saturated heterocycles. The van der Waals surface area contributed by atoms with E-state index < -0.39 is 0 Å². The normalized spacial score (nSPS) is 16.3. The molecule has 152 valence electrons. The molecule has 1 aliphatic rings. The van der Waals surface area contributed by atoms with Gasteiger partial charge in [0.1, 0.15) is 5.76 Å². The average Bonchev–Trinajstić information content (AvgIpc) is 3.35. The van der Waals surface area contributed by atoms with Gasteiger partial charge in [-0.3, -0.25) is 9.59 Å². The second-order valence-corrected chi connectivity index (χ2v) is 7.63. The van der Waals surface area contributed by atoms with E-state index in [1.165, 1.54) is 0 Å². The van der Waals surface area contributed by atoms with E-state index in [2.05, 4.69) is 6.07 Å². The third-order valence-electron chi connectivity index (χ3n) is 5.08. The second-order valence-electron chi connectivity index (χ2n) is 7.63. The highest BCUT2D eigenvalue weighted by Gasteiger charge is 2.36. The summed E-state index contributed by atoms with van der Waals surface area (Å²) in [6, 6.07) is 13.0. The maximum atomic E-state index is 13.2. The van der Waals surface area contributed by atoms with Gasteiger partial charge in [-0.15, -0.1) is 0 Å². The van der Waals surface area contributed by atoms with Crippen LogP contribution in [-0.4, -0.2) is 60.2 Å². The van der Waals surface area contributed by atoms with Gasteiger partial charge >= 0.3 is 0 Å². The molecule has 0 bridgehead atoms. The zero-order valence-electron chi connectivity index (χ0n) is 16.9. The number of likely N-dealkylation sites (tertiary alicyclic amines) is 1. The van der Waals surface area contributed by atoms with E-state index in [4.69, 9.17) is 9.68 Å². The molecule has 0 radical (unpaired) electrons. The van der Waals surface area contributed by atoms with Crippen LogP contribution < -0.4 is 0 Å². The Balaban J connectivity index is 1.68. The highest BCUT2D eigenvalue weighted by atomic mass is 16.3. The number of furan rings is 1. The minimum atomic E-state index is -0.349. The van der Waals surface area contributed by atoms with E-state index in [1.807, 2.05) is 42.1 Å². The zero-order valence-corrected chi connectivity index (χ0v) is 16.9. The van der Waals surface area contributed by atoms with Crippen LogP contribution in [0.2, 0.25) is 0 Å². The molecule has 2 heterocycles. The van der Waals surface area contributed by atoms with Crippen LogP contribution in [0, 0.1) is 17.2 Å². The van der Waals surface area contributed by atoms with Crippen LogP contribution in [0.25, 0.3) is 0 Å². The van der Waals surface area contributed by atoms with Crippen molar-refractivity contribution in [2.75, 3.05) is 33.7 Å². The minimum absolute atomic E-state index is 0.00787. The number of carbonyl (C=O) groups is 2. The Hall–Kier alpha value is -3.11. The third-order valence-corrected chi connectivity index (χ3v) is 5.08. The number of rotatable bonds is 8. The molecule has 1 aromatic carbocycles. The largest absolute Gasteiger partial charge is 0.467 e. The van der Waals surface area contributed by atoms with Gasteiger partial charge in [-0.05, 0) is 43.9 Å². The van der Waals surface area contributed by atoms with Crippen molar-refractivity contribution >= 4 is 11.8 Å². The first kappa shape index (κ1) is 20.6. The first-order chi connectivity index (χ1) is 14.0. The number of benzene rings is 1. The summed E-state index contributed by atoms with van der Waals surface area (Å²) >= 11 is 0. The molecule has 0 aliphatic carbocycles. The van der Waals surface area contributed by atoms with E-state index in [-0.39, 0.29) is 24.2 Å². The molecular formula is C22H26N4O3. The summed E-state index contributed by atoms with van der Waals surface area (Å²) in [7, 11) is 3.93. The highest BCUT2D eigenvalue weighted by molar-refractivity contribution is 5.89. The van der Waals surface area contributed by atoms with Gasteiger partial charge < -0.3 is 19.1 Å². The lowest BCUT2D eigenvalue weighted by atomic mass is 10.1. The molecule has 3 rings (SSSR count). The van der Waals surface area contributed by atoms with Crippen LogP contribution >= 0.6 is 0 Å². The van der Waals surface area contributed by atoms with Crippen LogP contribution in [0.3, 0.4) is 0 Å². The molecule has 2 aromatic rings. The number of hydrogen-bond donors (Lipinski definition) is 0. The Morgan fingerprint density at radius 3 is 2.62 bits per heavy atom. The molecule has 1 aromatic heterocycles. The molecule has 1 fully saturated rings. The van der Waals surface area contributed by atoms with E-state index in [0.29, 0.717) is 37.5 Å². The Labute approximate surface area is 171 Å². The Kier molecular flexibility index (Phi) is 6.68. The SMILES string of the molecule is CN(C)CCN(Cc1ccc(C#N)cc1)C(=O)C1CC(=O)N(Cc2ccco2)C1. The summed E-state index contributed by atoms with van der Waals surface area (Å²) in [5.41, 5.74) is 1.56. The van der Waals surface area contributed by atoms with Gasteiger partial charge in [-0.1, -0.05) is 12.1 Å². The smallest absolute Gasteiger partial charge is 0.228 e. The third kappa shape index (κ3) is 5.46. The van der Waals surface area contributed by atoms with Crippen LogP contribution in [0.4, 0.5) is 0 Å². The Bertz CT molecular complexity index is 868. The summed E-state index contributed by atoms with van der Waals surface area (Å²) < 4.78 is 5.33. The van der Waals surface area contributed by atoms with Gasteiger partial charge in [0, 0.05) is 32.6 Å². The number of nitriles is 1. The lowest BCUT2D eigenvalue weighted by molar-refractivity contribution is -0.136. The molecule has 0 spiro atoms.